The summed E-state index contributed by atoms with van der Waals surface area (Å²) in [6.45, 7) is 0. The Morgan fingerprint density at radius 2 is 0.900 bits per heavy atom. The fourth-order valence-electron chi connectivity index (χ4n) is 0. The van der Waals surface area contributed by atoms with Gasteiger partial charge in [-0.25, -0.2) is 0 Å². The van der Waals surface area contributed by atoms with Crippen molar-refractivity contribution in [3.63, 3.8) is 0 Å². The maximum Gasteiger partial charge on any atom is 1.00 e. The summed E-state index contributed by atoms with van der Waals surface area (Å²) in [5.74, 6) is 8.00. The second-order valence-corrected chi connectivity index (χ2v) is 1.34. The van der Waals surface area contributed by atoms with E-state index >= 15 is 0 Å². The molecule has 0 saturated carbocycles. The molecule has 0 aliphatic rings. The molecule has 0 fully saturated rings. The molecule has 0 aromatic rings. The first-order chi connectivity index (χ1) is 3.00. The smallest absolute Gasteiger partial charge is 0.822 e. The quantitative estimate of drug-likeness (QED) is 0.170. The van der Waals surface area contributed by atoms with E-state index in [9.17, 15) is 0 Å². The molecule has 0 aliphatic heterocycles. The van der Waals surface area contributed by atoms with Crippen LogP contribution in [0.1, 0.15) is 0 Å². The van der Waals surface area contributed by atoms with Crippen molar-refractivity contribution in [1.29, 1.82) is 0 Å². The van der Waals surface area contributed by atoms with Gasteiger partial charge in [-0.3, -0.25) is 11.7 Å². The van der Waals surface area contributed by atoms with E-state index in [1.54, 1.807) is 0 Å². The zero-order valence-corrected chi connectivity index (χ0v) is 13.1. The first-order valence-electron chi connectivity index (χ1n) is 1.06. The topological polar surface area (TPSA) is 138 Å². The summed E-state index contributed by atoms with van der Waals surface area (Å²) in [6, 6.07) is 0. The Labute approximate surface area is 125 Å². The Balaban J connectivity index is -0.0000000154. The number of rotatable bonds is 0. The van der Waals surface area contributed by atoms with Gasteiger partial charge in [-0.1, -0.05) is 0 Å². The minimum atomic E-state index is -5.39. The average molecular weight is 196 g/mol. The van der Waals surface area contributed by atoms with Crippen molar-refractivity contribution in [2.75, 3.05) is 0 Å². The Kier molecular flexibility index (Phi) is 52.5. The average Bonchev–Trinajstić information content (AvgIpc) is 1.36. The Morgan fingerprint density at radius 1 is 0.900 bits per heavy atom. The molecule has 0 aromatic carbocycles. The van der Waals surface area contributed by atoms with Crippen LogP contribution in [0.5, 0.6) is 0 Å². The van der Waals surface area contributed by atoms with Crippen LogP contribution in [0.3, 0.4) is 0 Å². The predicted molar refractivity (Wildman–Crippen MR) is 16.0 cm³/mol. The van der Waals surface area contributed by atoms with Crippen molar-refractivity contribution in [3.05, 3.63) is 0 Å². The molecule has 0 bridgehead atoms. The first-order valence-corrected chi connectivity index (χ1v) is 2.52. The van der Waals surface area contributed by atoms with Crippen LogP contribution in [-0.4, -0.2) is 0 Å². The molecule has 0 rings (SSSR count). The second-order valence-electron chi connectivity index (χ2n) is 0.447. The summed E-state index contributed by atoms with van der Waals surface area (Å²) in [4.78, 5) is 25.6. The van der Waals surface area contributed by atoms with E-state index < -0.39 is 7.82 Å². The number of phosphoric acid groups is 1. The van der Waals surface area contributed by atoms with Crippen molar-refractivity contribution >= 4 is 7.82 Å². The summed E-state index contributed by atoms with van der Waals surface area (Å²) in [5, 5.41) is 0. The number of hydrogen-bond donors (Lipinski definition) is 2. The van der Waals surface area contributed by atoms with Crippen molar-refractivity contribution in [1.82, 2.24) is 0 Å². The third-order valence-electron chi connectivity index (χ3n) is 0. The molecule has 0 amide bonds. The van der Waals surface area contributed by atoms with Crippen LogP contribution in [0, 0.1) is 0 Å². The van der Waals surface area contributed by atoms with Gasteiger partial charge >= 0.3 is 88.7 Å². The fraction of sp³-hybridized carbons (Fsp3) is 0. The van der Waals surface area contributed by atoms with Crippen LogP contribution >= 0.6 is 7.82 Å². The third kappa shape index (κ3) is 121. The van der Waals surface area contributed by atoms with Crippen molar-refractivity contribution in [2.24, 2.45) is 11.7 Å². The predicted octanol–water partition coefficient (Wildman–Crippen LogP) is -13.0. The molecule has 10 heavy (non-hydrogen) atoms. The molecular formula is H4N2Na3O4P. The standard InChI is InChI=1S/H4N2.3Na.H3O4P/c1-2;;;;1-5(2,3)4/h1-2H2;;;;(H3,1,2,3,4)/q;3*+1;/p-3. The molecule has 0 aromatic heterocycles. The van der Waals surface area contributed by atoms with Crippen LogP contribution in [0.15, 0.2) is 0 Å². The zero-order valence-electron chi connectivity index (χ0n) is 6.23. The van der Waals surface area contributed by atoms with Crippen molar-refractivity contribution in [2.45, 2.75) is 0 Å². The number of hydrazine groups is 1. The molecule has 0 atom stereocenters. The van der Waals surface area contributed by atoms with E-state index in [0.717, 1.165) is 0 Å². The van der Waals surface area contributed by atoms with Gasteiger partial charge in [0.2, 0.25) is 0 Å². The van der Waals surface area contributed by atoms with E-state index in [1.807, 2.05) is 0 Å². The summed E-state index contributed by atoms with van der Waals surface area (Å²) >= 11 is 0. The van der Waals surface area contributed by atoms with Crippen LogP contribution in [-0.2, 0) is 4.57 Å². The monoisotopic (exact) mass is 196 g/mol. The van der Waals surface area contributed by atoms with Gasteiger partial charge < -0.3 is 19.2 Å². The van der Waals surface area contributed by atoms with Gasteiger partial charge in [-0.2, -0.15) is 7.82 Å². The molecule has 4 N–H and O–H groups in total. The Morgan fingerprint density at radius 3 is 0.900 bits per heavy atom. The molecule has 0 heterocycles. The van der Waals surface area contributed by atoms with E-state index in [2.05, 4.69) is 11.7 Å². The van der Waals surface area contributed by atoms with Gasteiger partial charge in [0.15, 0.2) is 0 Å². The van der Waals surface area contributed by atoms with E-state index in [1.165, 1.54) is 0 Å². The Bertz CT molecular complexity index is 64.6. The molecule has 0 radical (unpaired) electrons. The third-order valence-corrected chi connectivity index (χ3v) is 0. The summed E-state index contributed by atoms with van der Waals surface area (Å²) < 4.78 is 8.55. The van der Waals surface area contributed by atoms with Gasteiger partial charge in [0.1, 0.15) is 0 Å². The van der Waals surface area contributed by atoms with Crippen molar-refractivity contribution < 1.29 is 108 Å². The molecular weight excluding hydrogens is 192 g/mol. The largest absolute Gasteiger partial charge is 1.00 e. The normalized spacial score (nSPS) is 6.50. The number of nitrogens with two attached hydrogens (primary N) is 2. The summed E-state index contributed by atoms with van der Waals surface area (Å²) in [7, 11) is -5.39. The zero-order chi connectivity index (χ0) is 6.50. The molecule has 0 saturated heterocycles. The fourth-order valence-corrected chi connectivity index (χ4v) is 0. The van der Waals surface area contributed by atoms with E-state index in [0.29, 0.717) is 0 Å². The summed E-state index contributed by atoms with van der Waals surface area (Å²) in [5.41, 5.74) is 0. The maximum atomic E-state index is 8.55. The van der Waals surface area contributed by atoms with Gasteiger partial charge in [0, 0.05) is 0 Å². The summed E-state index contributed by atoms with van der Waals surface area (Å²) in [6.07, 6.45) is 0. The molecule has 0 spiro atoms. The van der Waals surface area contributed by atoms with Crippen molar-refractivity contribution in [3.8, 4) is 0 Å². The van der Waals surface area contributed by atoms with Gasteiger partial charge in [-0.15, -0.1) is 0 Å². The van der Waals surface area contributed by atoms with Crippen LogP contribution in [0.25, 0.3) is 0 Å². The van der Waals surface area contributed by atoms with Crippen LogP contribution < -0.4 is 115 Å². The maximum absolute atomic E-state index is 8.55. The van der Waals surface area contributed by atoms with E-state index in [4.69, 9.17) is 19.2 Å². The van der Waals surface area contributed by atoms with Crippen LogP contribution in [0.4, 0.5) is 0 Å². The van der Waals surface area contributed by atoms with Gasteiger partial charge in [0.25, 0.3) is 0 Å². The van der Waals surface area contributed by atoms with E-state index in [-0.39, 0.29) is 88.7 Å². The Hall–Kier alpha value is 3.03. The molecule has 6 nitrogen and oxygen atoms in total. The van der Waals surface area contributed by atoms with Crippen LogP contribution in [0.2, 0.25) is 0 Å². The van der Waals surface area contributed by atoms with Gasteiger partial charge in [0.05, 0.1) is 0 Å². The minimum absolute atomic E-state index is 0. The first kappa shape index (κ1) is 29.2. The molecule has 0 unspecified atom stereocenters. The second kappa shape index (κ2) is 17.9. The SMILES string of the molecule is NN.O=P([O-])([O-])[O-].[Na+].[Na+].[Na+]. The molecule has 46 valence electrons. The molecule has 10 heteroatoms. The minimum Gasteiger partial charge on any atom is -0.822 e. The van der Waals surface area contributed by atoms with Gasteiger partial charge in [-0.05, 0) is 0 Å². The number of hydrogen-bond acceptors (Lipinski definition) is 6. The molecule has 0 aliphatic carbocycles.